The van der Waals surface area contributed by atoms with Crippen LogP contribution < -0.4 is 11.1 Å². The predicted octanol–water partition coefficient (Wildman–Crippen LogP) is 0.201. The van der Waals surface area contributed by atoms with Gasteiger partial charge in [0, 0.05) is 19.3 Å². The number of anilines is 2. The fourth-order valence-electron chi connectivity index (χ4n) is 1.24. The Balaban J connectivity index is 1.78. The Labute approximate surface area is 102 Å². The SMILES string of the molecule is Nc1nc(Cl)nc(NCCCn2ccnn2)n1. The third-order valence-corrected chi connectivity index (χ3v) is 2.11. The lowest BCUT2D eigenvalue weighted by Gasteiger charge is -2.04. The van der Waals surface area contributed by atoms with E-state index in [4.69, 9.17) is 17.3 Å². The van der Waals surface area contributed by atoms with Crippen LogP contribution in [0.5, 0.6) is 0 Å². The number of aryl methyl sites for hydroxylation is 1. The number of nitrogen functional groups attached to an aromatic ring is 1. The Morgan fingerprint density at radius 2 is 2.24 bits per heavy atom. The van der Waals surface area contributed by atoms with Crippen LogP contribution in [0.25, 0.3) is 0 Å². The molecule has 0 radical (unpaired) electrons. The Hall–Kier alpha value is -1.96. The zero-order valence-corrected chi connectivity index (χ0v) is 9.67. The molecule has 2 heterocycles. The van der Waals surface area contributed by atoms with Gasteiger partial charge < -0.3 is 11.1 Å². The van der Waals surface area contributed by atoms with Crippen molar-refractivity contribution in [2.45, 2.75) is 13.0 Å². The Bertz CT molecular complexity index is 450. The van der Waals surface area contributed by atoms with Crippen molar-refractivity contribution in [3.05, 3.63) is 17.7 Å². The lowest BCUT2D eigenvalue weighted by Crippen LogP contribution is -2.11. The zero-order chi connectivity index (χ0) is 12.1. The molecular weight excluding hydrogens is 244 g/mol. The molecule has 0 aliphatic carbocycles. The molecule has 0 amide bonds. The van der Waals surface area contributed by atoms with Crippen LogP contribution in [0.15, 0.2) is 12.4 Å². The summed E-state index contributed by atoms with van der Waals surface area (Å²) in [6.45, 7) is 1.45. The van der Waals surface area contributed by atoms with E-state index in [0.29, 0.717) is 12.5 Å². The van der Waals surface area contributed by atoms with E-state index >= 15 is 0 Å². The fourth-order valence-corrected chi connectivity index (χ4v) is 1.40. The summed E-state index contributed by atoms with van der Waals surface area (Å²) in [7, 11) is 0. The Morgan fingerprint density at radius 1 is 1.35 bits per heavy atom. The van der Waals surface area contributed by atoms with Gasteiger partial charge in [-0.2, -0.15) is 15.0 Å². The molecule has 0 bridgehead atoms. The maximum Gasteiger partial charge on any atom is 0.228 e. The van der Waals surface area contributed by atoms with Gasteiger partial charge in [-0.15, -0.1) is 5.10 Å². The number of nitrogens with two attached hydrogens (primary N) is 1. The topological polar surface area (TPSA) is 107 Å². The third kappa shape index (κ3) is 3.52. The van der Waals surface area contributed by atoms with Crippen LogP contribution >= 0.6 is 11.6 Å². The molecule has 0 unspecified atom stereocenters. The quantitative estimate of drug-likeness (QED) is 0.734. The van der Waals surface area contributed by atoms with Crippen LogP contribution in [-0.4, -0.2) is 36.5 Å². The number of aromatic nitrogens is 6. The van der Waals surface area contributed by atoms with Crippen LogP contribution in [0, 0.1) is 0 Å². The van der Waals surface area contributed by atoms with Gasteiger partial charge in [0.2, 0.25) is 17.2 Å². The van der Waals surface area contributed by atoms with Gasteiger partial charge in [0.25, 0.3) is 0 Å². The summed E-state index contributed by atoms with van der Waals surface area (Å²) in [6.07, 6.45) is 4.30. The summed E-state index contributed by atoms with van der Waals surface area (Å²) in [5, 5.41) is 10.6. The van der Waals surface area contributed by atoms with Gasteiger partial charge in [-0.1, -0.05) is 5.21 Å². The minimum atomic E-state index is 0.0799. The molecule has 17 heavy (non-hydrogen) atoms. The highest BCUT2D eigenvalue weighted by molar-refractivity contribution is 6.28. The first kappa shape index (κ1) is 11.5. The van der Waals surface area contributed by atoms with Crippen LogP contribution in [0.4, 0.5) is 11.9 Å². The van der Waals surface area contributed by atoms with Crippen LogP contribution in [-0.2, 0) is 6.54 Å². The number of rotatable bonds is 5. The molecule has 9 heteroatoms. The predicted molar refractivity (Wildman–Crippen MR) is 62.4 cm³/mol. The van der Waals surface area contributed by atoms with E-state index in [9.17, 15) is 0 Å². The number of hydrogen-bond acceptors (Lipinski definition) is 7. The molecule has 2 aromatic rings. The number of hydrogen-bond donors (Lipinski definition) is 2. The molecular formula is C8H11ClN8. The summed E-state index contributed by atoms with van der Waals surface area (Å²) in [5.74, 6) is 0.477. The molecule has 8 nitrogen and oxygen atoms in total. The van der Waals surface area contributed by atoms with Crippen molar-refractivity contribution in [2.24, 2.45) is 0 Å². The Morgan fingerprint density at radius 3 is 2.94 bits per heavy atom. The average molecular weight is 255 g/mol. The number of halogens is 1. The van der Waals surface area contributed by atoms with Gasteiger partial charge in [0.05, 0.1) is 6.20 Å². The lowest BCUT2D eigenvalue weighted by molar-refractivity contribution is 0.569. The normalized spacial score (nSPS) is 10.4. The van der Waals surface area contributed by atoms with Crippen molar-refractivity contribution < 1.29 is 0 Å². The highest BCUT2D eigenvalue weighted by atomic mass is 35.5. The van der Waals surface area contributed by atoms with E-state index in [1.807, 2.05) is 0 Å². The van der Waals surface area contributed by atoms with Crippen molar-refractivity contribution in [3.63, 3.8) is 0 Å². The van der Waals surface area contributed by atoms with Gasteiger partial charge in [-0.05, 0) is 18.0 Å². The Kier molecular flexibility index (Phi) is 3.66. The van der Waals surface area contributed by atoms with Crippen molar-refractivity contribution in [2.75, 3.05) is 17.6 Å². The van der Waals surface area contributed by atoms with E-state index in [0.717, 1.165) is 13.0 Å². The third-order valence-electron chi connectivity index (χ3n) is 1.94. The minimum Gasteiger partial charge on any atom is -0.368 e. The second-order valence-corrected chi connectivity index (χ2v) is 3.57. The van der Waals surface area contributed by atoms with Crippen molar-refractivity contribution in [1.82, 2.24) is 29.9 Å². The van der Waals surface area contributed by atoms with Crippen LogP contribution in [0.1, 0.15) is 6.42 Å². The van der Waals surface area contributed by atoms with Gasteiger partial charge in [-0.25, -0.2) is 0 Å². The molecule has 0 spiro atoms. The van der Waals surface area contributed by atoms with E-state index in [1.165, 1.54) is 0 Å². The molecule has 0 aromatic carbocycles. The summed E-state index contributed by atoms with van der Waals surface area (Å²) >= 11 is 5.64. The first-order valence-electron chi connectivity index (χ1n) is 4.99. The van der Waals surface area contributed by atoms with Gasteiger partial charge in [0.1, 0.15) is 0 Å². The average Bonchev–Trinajstić information content (AvgIpc) is 2.76. The summed E-state index contributed by atoms with van der Waals surface area (Å²) in [5.41, 5.74) is 5.43. The van der Waals surface area contributed by atoms with Gasteiger partial charge in [-0.3, -0.25) is 4.68 Å². The maximum atomic E-state index is 5.64. The second-order valence-electron chi connectivity index (χ2n) is 3.23. The first-order chi connectivity index (χ1) is 8.24. The van der Waals surface area contributed by atoms with Gasteiger partial charge in [0.15, 0.2) is 0 Å². The summed E-state index contributed by atoms with van der Waals surface area (Å²) in [6, 6.07) is 0. The highest BCUT2D eigenvalue weighted by Crippen LogP contribution is 2.06. The number of nitrogens with one attached hydrogen (secondary N) is 1. The molecule has 2 rings (SSSR count). The zero-order valence-electron chi connectivity index (χ0n) is 8.91. The number of nitrogens with zero attached hydrogens (tertiary/aromatic N) is 6. The molecule has 0 saturated carbocycles. The summed E-state index contributed by atoms with van der Waals surface area (Å²) < 4.78 is 1.75. The van der Waals surface area contributed by atoms with Crippen molar-refractivity contribution >= 4 is 23.5 Å². The molecule has 0 saturated heterocycles. The van der Waals surface area contributed by atoms with Crippen LogP contribution in [0.3, 0.4) is 0 Å². The standard InChI is InChI=1S/C8H11ClN8/c9-6-13-7(10)15-8(14-6)11-2-1-4-17-5-3-12-16-17/h3,5H,1-2,4H2,(H3,10,11,13,14,15). The van der Waals surface area contributed by atoms with Crippen molar-refractivity contribution in [3.8, 4) is 0 Å². The van der Waals surface area contributed by atoms with E-state index in [2.05, 4.69) is 30.6 Å². The molecule has 0 aliphatic heterocycles. The van der Waals surface area contributed by atoms with E-state index in [-0.39, 0.29) is 11.2 Å². The summed E-state index contributed by atoms with van der Waals surface area (Å²) in [4.78, 5) is 11.4. The smallest absolute Gasteiger partial charge is 0.228 e. The van der Waals surface area contributed by atoms with Gasteiger partial charge >= 0.3 is 0 Å². The van der Waals surface area contributed by atoms with E-state index < -0.39 is 0 Å². The largest absolute Gasteiger partial charge is 0.368 e. The fraction of sp³-hybridized carbons (Fsp3) is 0.375. The molecule has 0 aliphatic rings. The minimum absolute atomic E-state index is 0.0799. The van der Waals surface area contributed by atoms with E-state index in [1.54, 1.807) is 17.1 Å². The second kappa shape index (κ2) is 5.39. The maximum absolute atomic E-state index is 5.64. The molecule has 2 aromatic heterocycles. The monoisotopic (exact) mass is 254 g/mol. The molecule has 90 valence electrons. The molecule has 0 atom stereocenters. The molecule has 3 N–H and O–H groups in total. The molecule has 0 fully saturated rings. The van der Waals surface area contributed by atoms with Crippen LogP contribution in [0.2, 0.25) is 5.28 Å². The first-order valence-corrected chi connectivity index (χ1v) is 5.37. The van der Waals surface area contributed by atoms with Crippen molar-refractivity contribution in [1.29, 1.82) is 0 Å². The highest BCUT2D eigenvalue weighted by Gasteiger charge is 2.01. The lowest BCUT2D eigenvalue weighted by atomic mass is 10.4.